The molecule has 1 aromatic heterocycles. The number of carbonyl (C=O) groups is 2. The first-order chi connectivity index (χ1) is 15.3. The number of benzene rings is 2. The molecule has 32 heavy (non-hydrogen) atoms. The van der Waals surface area contributed by atoms with Crippen LogP contribution in [0.3, 0.4) is 0 Å². The maximum atomic E-state index is 13.4. The SMILES string of the molecule is COc1ccc(CNC(=O)C(NC(=O)c2cc(C)nn2C)c2ccc(F)cc2)c(OC)c1. The van der Waals surface area contributed by atoms with Crippen molar-refractivity contribution in [1.29, 1.82) is 0 Å². The number of nitrogens with zero attached hydrogens (tertiary/aromatic N) is 2. The Labute approximate surface area is 185 Å². The van der Waals surface area contributed by atoms with Crippen molar-refractivity contribution >= 4 is 11.8 Å². The van der Waals surface area contributed by atoms with Crippen LogP contribution < -0.4 is 20.1 Å². The third-order valence-corrected chi connectivity index (χ3v) is 4.92. The molecule has 9 heteroatoms. The van der Waals surface area contributed by atoms with E-state index in [-0.39, 0.29) is 6.54 Å². The van der Waals surface area contributed by atoms with E-state index in [4.69, 9.17) is 9.47 Å². The zero-order chi connectivity index (χ0) is 23.3. The summed E-state index contributed by atoms with van der Waals surface area (Å²) in [5.41, 5.74) is 2.15. The number of halogens is 1. The molecule has 2 aromatic carbocycles. The first-order valence-electron chi connectivity index (χ1n) is 9.88. The van der Waals surface area contributed by atoms with Gasteiger partial charge in [-0.3, -0.25) is 14.3 Å². The van der Waals surface area contributed by atoms with Gasteiger partial charge in [-0.05, 0) is 42.8 Å². The Morgan fingerprint density at radius 1 is 1.09 bits per heavy atom. The van der Waals surface area contributed by atoms with Crippen LogP contribution in [0.25, 0.3) is 0 Å². The number of aromatic nitrogens is 2. The topological polar surface area (TPSA) is 94.5 Å². The third kappa shape index (κ3) is 5.23. The van der Waals surface area contributed by atoms with Gasteiger partial charge in [0.25, 0.3) is 5.91 Å². The van der Waals surface area contributed by atoms with Crippen molar-refractivity contribution in [3.05, 3.63) is 76.9 Å². The number of ether oxygens (including phenoxy) is 2. The van der Waals surface area contributed by atoms with Crippen molar-refractivity contribution in [2.75, 3.05) is 14.2 Å². The smallest absolute Gasteiger partial charge is 0.270 e. The van der Waals surface area contributed by atoms with Gasteiger partial charge in [-0.1, -0.05) is 12.1 Å². The van der Waals surface area contributed by atoms with Crippen LogP contribution >= 0.6 is 0 Å². The number of aryl methyl sites for hydroxylation is 2. The monoisotopic (exact) mass is 440 g/mol. The van der Waals surface area contributed by atoms with Crippen LogP contribution in [0.15, 0.2) is 48.5 Å². The molecule has 168 valence electrons. The summed E-state index contributed by atoms with van der Waals surface area (Å²) < 4.78 is 25.4. The normalized spacial score (nSPS) is 11.5. The fourth-order valence-corrected chi connectivity index (χ4v) is 3.27. The van der Waals surface area contributed by atoms with Gasteiger partial charge in [0.05, 0.1) is 19.9 Å². The van der Waals surface area contributed by atoms with Gasteiger partial charge in [-0.25, -0.2) is 4.39 Å². The number of hydrogen-bond donors (Lipinski definition) is 2. The molecule has 2 N–H and O–H groups in total. The average Bonchev–Trinajstić information content (AvgIpc) is 3.14. The molecular formula is C23H25FN4O4. The molecule has 1 atom stereocenters. The minimum absolute atomic E-state index is 0.157. The molecule has 0 aliphatic carbocycles. The van der Waals surface area contributed by atoms with E-state index >= 15 is 0 Å². The lowest BCUT2D eigenvalue weighted by Crippen LogP contribution is -2.40. The molecule has 3 rings (SSSR count). The molecule has 3 aromatic rings. The Bertz CT molecular complexity index is 1110. The zero-order valence-corrected chi connectivity index (χ0v) is 18.3. The highest BCUT2D eigenvalue weighted by Crippen LogP contribution is 2.25. The Hall–Kier alpha value is -3.88. The second-order valence-electron chi connectivity index (χ2n) is 7.15. The van der Waals surface area contributed by atoms with Crippen molar-refractivity contribution in [3.63, 3.8) is 0 Å². The number of hydrogen-bond acceptors (Lipinski definition) is 5. The predicted molar refractivity (Wildman–Crippen MR) is 116 cm³/mol. The minimum atomic E-state index is -1.04. The lowest BCUT2D eigenvalue weighted by atomic mass is 10.1. The lowest BCUT2D eigenvalue weighted by Gasteiger charge is -2.19. The first kappa shape index (κ1) is 22.8. The standard InChI is InChI=1S/C23H25FN4O4/c1-14-11-19(28(2)27-14)22(29)26-21(15-5-8-17(24)9-6-15)23(30)25-13-16-7-10-18(31-3)12-20(16)32-4/h5-12,21H,13H2,1-4H3,(H,25,30)(H,26,29). The molecule has 0 radical (unpaired) electrons. The van der Waals surface area contributed by atoms with Crippen molar-refractivity contribution < 1.29 is 23.5 Å². The highest BCUT2D eigenvalue weighted by atomic mass is 19.1. The second kappa shape index (κ2) is 9.95. The maximum Gasteiger partial charge on any atom is 0.270 e. The number of rotatable bonds is 8. The van der Waals surface area contributed by atoms with Crippen LogP contribution in [0, 0.1) is 12.7 Å². The fourth-order valence-electron chi connectivity index (χ4n) is 3.27. The van der Waals surface area contributed by atoms with Crippen LogP contribution in [0.5, 0.6) is 11.5 Å². The molecule has 0 saturated carbocycles. The fraction of sp³-hybridized carbons (Fsp3) is 0.261. The summed E-state index contributed by atoms with van der Waals surface area (Å²) in [5.74, 6) is -0.192. The van der Waals surface area contributed by atoms with Crippen molar-refractivity contribution in [2.24, 2.45) is 7.05 Å². The van der Waals surface area contributed by atoms with E-state index in [0.717, 1.165) is 5.56 Å². The van der Waals surface area contributed by atoms with Gasteiger partial charge in [0.1, 0.15) is 29.1 Å². The van der Waals surface area contributed by atoms with Crippen LogP contribution in [-0.4, -0.2) is 35.8 Å². The van der Waals surface area contributed by atoms with Crippen LogP contribution in [-0.2, 0) is 18.4 Å². The summed E-state index contributed by atoms with van der Waals surface area (Å²) >= 11 is 0. The molecule has 1 heterocycles. The molecular weight excluding hydrogens is 415 g/mol. The van der Waals surface area contributed by atoms with Gasteiger partial charge in [-0.15, -0.1) is 0 Å². The lowest BCUT2D eigenvalue weighted by molar-refractivity contribution is -0.123. The minimum Gasteiger partial charge on any atom is -0.497 e. The predicted octanol–water partition coefficient (Wildman–Crippen LogP) is 2.67. The molecule has 8 nitrogen and oxygen atoms in total. The van der Waals surface area contributed by atoms with Crippen LogP contribution in [0.2, 0.25) is 0 Å². The molecule has 0 spiro atoms. The number of carbonyl (C=O) groups excluding carboxylic acids is 2. The quantitative estimate of drug-likeness (QED) is 0.562. The molecule has 2 amide bonds. The van der Waals surface area contributed by atoms with E-state index in [1.54, 1.807) is 45.3 Å². The zero-order valence-electron chi connectivity index (χ0n) is 18.3. The number of methoxy groups -OCH3 is 2. The van der Waals surface area contributed by atoms with Gasteiger partial charge in [-0.2, -0.15) is 5.10 Å². The van der Waals surface area contributed by atoms with Crippen molar-refractivity contribution in [1.82, 2.24) is 20.4 Å². The highest BCUT2D eigenvalue weighted by molar-refractivity contribution is 5.96. The average molecular weight is 440 g/mol. The Morgan fingerprint density at radius 2 is 1.81 bits per heavy atom. The summed E-state index contributed by atoms with van der Waals surface area (Å²) in [7, 11) is 4.72. The summed E-state index contributed by atoms with van der Waals surface area (Å²) in [6.45, 7) is 1.92. The largest absolute Gasteiger partial charge is 0.497 e. The number of amides is 2. The third-order valence-electron chi connectivity index (χ3n) is 4.92. The van der Waals surface area contributed by atoms with E-state index in [1.165, 1.54) is 36.1 Å². The van der Waals surface area contributed by atoms with Gasteiger partial charge >= 0.3 is 0 Å². The molecule has 0 fully saturated rings. The summed E-state index contributed by atoms with van der Waals surface area (Å²) in [5, 5.41) is 9.69. The maximum absolute atomic E-state index is 13.4. The van der Waals surface area contributed by atoms with E-state index in [1.807, 2.05) is 0 Å². The molecule has 0 aliphatic rings. The van der Waals surface area contributed by atoms with Crippen molar-refractivity contribution in [3.8, 4) is 11.5 Å². The van der Waals surface area contributed by atoms with E-state index in [9.17, 15) is 14.0 Å². The molecule has 0 saturated heterocycles. The first-order valence-corrected chi connectivity index (χ1v) is 9.88. The van der Waals surface area contributed by atoms with Crippen molar-refractivity contribution in [2.45, 2.75) is 19.5 Å². The second-order valence-corrected chi connectivity index (χ2v) is 7.15. The summed E-state index contributed by atoms with van der Waals surface area (Å²) in [6, 6.07) is 11.2. The van der Waals surface area contributed by atoms with E-state index in [2.05, 4.69) is 15.7 Å². The van der Waals surface area contributed by atoms with Crippen LogP contribution in [0.4, 0.5) is 4.39 Å². The number of nitrogens with one attached hydrogen (secondary N) is 2. The summed E-state index contributed by atoms with van der Waals surface area (Å²) in [6.07, 6.45) is 0. The Kier molecular flexibility index (Phi) is 7.09. The van der Waals surface area contributed by atoms with E-state index < -0.39 is 23.7 Å². The Morgan fingerprint density at radius 3 is 2.41 bits per heavy atom. The highest BCUT2D eigenvalue weighted by Gasteiger charge is 2.25. The van der Waals surface area contributed by atoms with Gasteiger partial charge in [0.2, 0.25) is 5.91 Å². The molecule has 1 unspecified atom stereocenters. The van der Waals surface area contributed by atoms with Gasteiger partial charge in [0, 0.05) is 25.2 Å². The van der Waals surface area contributed by atoms with Crippen LogP contribution in [0.1, 0.15) is 33.4 Å². The van der Waals surface area contributed by atoms with Gasteiger partial charge < -0.3 is 20.1 Å². The van der Waals surface area contributed by atoms with Gasteiger partial charge in [0.15, 0.2) is 0 Å². The Balaban J connectivity index is 1.81. The summed E-state index contributed by atoms with van der Waals surface area (Å²) in [4.78, 5) is 25.9. The molecule has 0 aliphatic heterocycles. The van der Waals surface area contributed by atoms with E-state index in [0.29, 0.717) is 28.5 Å². The molecule has 0 bridgehead atoms.